The highest BCUT2D eigenvalue weighted by Gasteiger charge is 2.01. The molecule has 1 rings (SSSR count). The first-order valence-electron chi connectivity index (χ1n) is 4.27. The Kier molecular flexibility index (Phi) is 4.47. The highest BCUT2D eigenvalue weighted by Crippen LogP contribution is 2.21. The summed E-state index contributed by atoms with van der Waals surface area (Å²) in [5, 5.41) is 3.93. The molecule has 0 bridgehead atoms. The average Bonchev–Trinajstić information content (AvgIpc) is 2.16. The van der Waals surface area contributed by atoms with Crippen LogP contribution in [0.4, 0.5) is 0 Å². The lowest BCUT2D eigenvalue weighted by Crippen LogP contribution is -2.23. The Morgan fingerprint density at radius 1 is 1.64 bits per heavy atom. The van der Waals surface area contributed by atoms with Gasteiger partial charge in [0, 0.05) is 16.0 Å². The summed E-state index contributed by atoms with van der Waals surface area (Å²) in [4.78, 5) is 0. The van der Waals surface area contributed by atoms with Crippen LogP contribution in [0.3, 0.4) is 0 Å². The zero-order valence-corrected chi connectivity index (χ0v) is 10.2. The van der Waals surface area contributed by atoms with Gasteiger partial charge in [0.25, 0.3) is 0 Å². The van der Waals surface area contributed by atoms with E-state index in [1.165, 1.54) is 0 Å². The van der Waals surface area contributed by atoms with Crippen molar-refractivity contribution in [3.8, 4) is 12.3 Å². The van der Waals surface area contributed by atoms with E-state index in [1.807, 2.05) is 25.1 Å². The molecule has 3 heteroatoms. The molecule has 14 heavy (non-hydrogen) atoms. The van der Waals surface area contributed by atoms with Crippen LogP contribution in [0.25, 0.3) is 0 Å². The van der Waals surface area contributed by atoms with E-state index >= 15 is 0 Å². The lowest BCUT2D eigenvalue weighted by Gasteiger charge is -2.09. The van der Waals surface area contributed by atoms with Gasteiger partial charge in [-0.1, -0.05) is 39.5 Å². The largest absolute Gasteiger partial charge is 0.300 e. The molecule has 0 saturated heterocycles. The van der Waals surface area contributed by atoms with E-state index in [2.05, 4.69) is 27.2 Å². The predicted molar refractivity (Wildman–Crippen MR) is 64.3 cm³/mol. The van der Waals surface area contributed by atoms with Crippen LogP contribution in [0, 0.1) is 12.3 Å². The Labute approximate surface area is 98.0 Å². The maximum atomic E-state index is 5.82. The second-order valence-electron chi connectivity index (χ2n) is 3.00. The standard InChI is InChI=1S/C11H11BrClN/c1-3-8(2)14-7-9-4-5-10(13)6-11(9)12/h1,4-6,8,14H,7H2,2H3. The third kappa shape index (κ3) is 3.34. The van der Waals surface area contributed by atoms with Crippen molar-refractivity contribution in [3.63, 3.8) is 0 Å². The fraction of sp³-hybridized carbons (Fsp3) is 0.273. The Bertz CT molecular complexity index is 357. The number of benzene rings is 1. The lowest BCUT2D eigenvalue weighted by atomic mass is 10.2. The molecule has 1 unspecified atom stereocenters. The monoisotopic (exact) mass is 271 g/mol. The Balaban J connectivity index is 2.64. The summed E-state index contributed by atoms with van der Waals surface area (Å²) in [6, 6.07) is 5.80. The van der Waals surface area contributed by atoms with E-state index in [0.717, 1.165) is 21.6 Å². The van der Waals surface area contributed by atoms with Crippen molar-refractivity contribution < 1.29 is 0 Å². The first kappa shape index (κ1) is 11.6. The van der Waals surface area contributed by atoms with E-state index in [4.69, 9.17) is 18.0 Å². The highest BCUT2D eigenvalue weighted by molar-refractivity contribution is 9.10. The van der Waals surface area contributed by atoms with Crippen LogP contribution in [0.1, 0.15) is 12.5 Å². The molecule has 0 aromatic heterocycles. The van der Waals surface area contributed by atoms with Crippen molar-refractivity contribution in [2.75, 3.05) is 0 Å². The fourth-order valence-corrected chi connectivity index (χ4v) is 1.81. The summed E-state index contributed by atoms with van der Waals surface area (Å²) in [7, 11) is 0. The molecule has 1 aromatic rings. The van der Waals surface area contributed by atoms with Crippen LogP contribution in [-0.4, -0.2) is 6.04 Å². The van der Waals surface area contributed by atoms with Gasteiger partial charge in [0.05, 0.1) is 6.04 Å². The van der Waals surface area contributed by atoms with Crippen LogP contribution in [0.2, 0.25) is 5.02 Å². The summed E-state index contributed by atoms with van der Waals surface area (Å²) in [6.07, 6.45) is 5.25. The van der Waals surface area contributed by atoms with Gasteiger partial charge < -0.3 is 0 Å². The first-order valence-corrected chi connectivity index (χ1v) is 5.44. The summed E-state index contributed by atoms with van der Waals surface area (Å²) >= 11 is 9.27. The van der Waals surface area contributed by atoms with Gasteiger partial charge in [0.15, 0.2) is 0 Å². The maximum Gasteiger partial charge on any atom is 0.0660 e. The van der Waals surface area contributed by atoms with Crippen molar-refractivity contribution in [2.24, 2.45) is 0 Å². The molecule has 0 fully saturated rings. The van der Waals surface area contributed by atoms with Crippen LogP contribution in [0.5, 0.6) is 0 Å². The van der Waals surface area contributed by atoms with Gasteiger partial charge in [-0.3, -0.25) is 5.32 Å². The molecule has 1 aromatic carbocycles. The average molecular weight is 273 g/mol. The molecule has 0 aliphatic heterocycles. The third-order valence-electron chi connectivity index (χ3n) is 1.86. The summed E-state index contributed by atoms with van der Waals surface area (Å²) in [5.74, 6) is 2.61. The van der Waals surface area contributed by atoms with Gasteiger partial charge in [0.2, 0.25) is 0 Å². The van der Waals surface area contributed by atoms with Crippen molar-refractivity contribution in [3.05, 3.63) is 33.3 Å². The van der Waals surface area contributed by atoms with Crippen LogP contribution >= 0.6 is 27.5 Å². The highest BCUT2D eigenvalue weighted by atomic mass is 79.9. The van der Waals surface area contributed by atoms with Gasteiger partial charge in [-0.15, -0.1) is 6.42 Å². The van der Waals surface area contributed by atoms with E-state index in [1.54, 1.807) is 0 Å². The molecule has 0 aliphatic carbocycles. The second kappa shape index (κ2) is 5.41. The zero-order chi connectivity index (χ0) is 10.6. The first-order chi connectivity index (χ1) is 6.63. The van der Waals surface area contributed by atoms with Crippen LogP contribution in [0.15, 0.2) is 22.7 Å². The minimum absolute atomic E-state index is 0.0811. The number of hydrogen-bond acceptors (Lipinski definition) is 1. The number of terminal acetylenes is 1. The number of rotatable bonds is 3. The van der Waals surface area contributed by atoms with Gasteiger partial charge in [0.1, 0.15) is 0 Å². The van der Waals surface area contributed by atoms with E-state index in [9.17, 15) is 0 Å². The molecule has 0 saturated carbocycles. The lowest BCUT2D eigenvalue weighted by molar-refractivity contribution is 0.647. The Morgan fingerprint density at radius 3 is 2.93 bits per heavy atom. The van der Waals surface area contributed by atoms with Crippen molar-refractivity contribution in [2.45, 2.75) is 19.5 Å². The molecule has 0 spiro atoms. The van der Waals surface area contributed by atoms with Gasteiger partial charge >= 0.3 is 0 Å². The minimum atomic E-state index is 0.0811. The molecule has 74 valence electrons. The predicted octanol–water partition coefficient (Wildman–Crippen LogP) is 3.21. The third-order valence-corrected chi connectivity index (χ3v) is 2.84. The Morgan fingerprint density at radius 2 is 2.36 bits per heavy atom. The van der Waals surface area contributed by atoms with E-state index in [0.29, 0.717) is 0 Å². The SMILES string of the molecule is C#CC(C)NCc1ccc(Cl)cc1Br. The molecule has 0 amide bonds. The topological polar surface area (TPSA) is 12.0 Å². The van der Waals surface area contributed by atoms with Gasteiger partial charge in [-0.05, 0) is 24.6 Å². The van der Waals surface area contributed by atoms with Crippen molar-refractivity contribution in [1.82, 2.24) is 5.32 Å². The molecular weight excluding hydrogens is 261 g/mol. The maximum absolute atomic E-state index is 5.82. The van der Waals surface area contributed by atoms with Crippen LogP contribution < -0.4 is 5.32 Å². The zero-order valence-electron chi connectivity index (χ0n) is 7.85. The fourth-order valence-electron chi connectivity index (χ4n) is 0.987. The van der Waals surface area contributed by atoms with Crippen molar-refractivity contribution in [1.29, 1.82) is 0 Å². The smallest absolute Gasteiger partial charge is 0.0660 e. The van der Waals surface area contributed by atoms with Crippen LogP contribution in [-0.2, 0) is 6.54 Å². The molecule has 1 nitrogen and oxygen atoms in total. The minimum Gasteiger partial charge on any atom is -0.300 e. The quantitative estimate of drug-likeness (QED) is 0.833. The molecule has 0 heterocycles. The van der Waals surface area contributed by atoms with Crippen molar-refractivity contribution >= 4 is 27.5 Å². The summed E-state index contributed by atoms with van der Waals surface area (Å²) in [6.45, 7) is 2.69. The molecular formula is C11H11BrClN. The van der Waals surface area contributed by atoms with E-state index < -0.39 is 0 Å². The van der Waals surface area contributed by atoms with E-state index in [-0.39, 0.29) is 6.04 Å². The summed E-state index contributed by atoms with van der Waals surface area (Å²) in [5.41, 5.74) is 1.15. The molecule has 0 radical (unpaired) electrons. The van der Waals surface area contributed by atoms with Gasteiger partial charge in [-0.2, -0.15) is 0 Å². The molecule has 0 aliphatic rings. The normalized spacial score (nSPS) is 12.1. The number of nitrogens with one attached hydrogen (secondary N) is 1. The second-order valence-corrected chi connectivity index (χ2v) is 4.30. The Hall–Kier alpha value is -0.490. The molecule has 1 N–H and O–H groups in total. The summed E-state index contributed by atoms with van der Waals surface area (Å²) < 4.78 is 1.00. The molecule has 1 atom stereocenters. The van der Waals surface area contributed by atoms with Gasteiger partial charge in [-0.25, -0.2) is 0 Å². The number of hydrogen-bond donors (Lipinski definition) is 1. The number of halogens is 2.